The summed E-state index contributed by atoms with van der Waals surface area (Å²) in [5.74, 6) is 2.41. The van der Waals surface area contributed by atoms with Crippen molar-refractivity contribution in [2.75, 3.05) is 37.7 Å². The Hall–Kier alpha value is -2.63. The molecule has 1 saturated heterocycles. The fourth-order valence-electron chi connectivity index (χ4n) is 3.64. The number of hydrogen-bond donors (Lipinski definition) is 0. The fourth-order valence-corrected chi connectivity index (χ4v) is 3.64. The normalized spacial score (nSPS) is 17.5. The molecule has 0 radical (unpaired) electrons. The number of nitrogens with zero attached hydrogens (tertiary/aromatic N) is 4. The third kappa shape index (κ3) is 3.89. The van der Waals surface area contributed by atoms with E-state index in [0.29, 0.717) is 12.5 Å². The van der Waals surface area contributed by atoms with Gasteiger partial charge in [-0.2, -0.15) is 0 Å². The van der Waals surface area contributed by atoms with Gasteiger partial charge in [-0.3, -0.25) is 4.79 Å². The van der Waals surface area contributed by atoms with Crippen molar-refractivity contribution >= 4 is 11.7 Å². The first-order valence-corrected chi connectivity index (χ1v) is 9.83. The lowest BCUT2D eigenvalue weighted by molar-refractivity contribution is -0.138. The van der Waals surface area contributed by atoms with Crippen LogP contribution in [0.1, 0.15) is 26.2 Å². The number of carbonyl (C=O) groups is 1. The van der Waals surface area contributed by atoms with Crippen LogP contribution in [0.4, 0.5) is 5.82 Å². The number of aromatic nitrogens is 2. The van der Waals surface area contributed by atoms with Crippen LogP contribution in [0.25, 0.3) is 11.3 Å². The van der Waals surface area contributed by atoms with Crippen molar-refractivity contribution < 1.29 is 9.53 Å². The lowest BCUT2D eigenvalue weighted by Crippen LogP contribution is -2.51. The molecule has 2 aromatic rings. The van der Waals surface area contributed by atoms with Crippen LogP contribution < -0.4 is 9.64 Å². The summed E-state index contributed by atoms with van der Waals surface area (Å²) in [6.45, 7) is 5.82. The number of amides is 1. The molecule has 1 aliphatic carbocycles. The van der Waals surface area contributed by atoms with Crippen LogP contribution >= 0.6 is 0 Å². The van der Waals surface area contributed by atoms with Crippen molar-refractivity contribution in [1.82, 2.24) is 14.9 Å². The molecule has 6 nitrogen and oxygen atoms in total. The van der Waals surface area contributed by atoms with Gasteiger partial charge in [0.05, 0.1) is 12.3 Å². The molecule has 1 aromatic carbocycles. The number of carbonyl (C=O) groups excluding carboxylic acids is 1. The van der Waals surface area contributed by atoms with Crippen LogP contribution in [0.15, 0.2) is 36.7 Å². The second kappa shape index (κ2) is 7.94. The Balaban J connectivity index is 1.41. The summed E-state index contributed by atoms with van der Waals surface area (Å²) in [7, 11) is 0. The number of rotatable bonds is 5. The van der Waals surface area contributed by atoms with Crippen molar-refractivity contribution in [2.24, 2.45) is 5.92 Å². The monoisotopic (exact) mass is 366 g/mol. The molecule has 4 rings (SSSR count). The highest BCUT2D eigenvalue weighted by Crippen LogP contribution is 2.29. The van der Waals surface area contributed by atoms with Gasteiger partial charge in [-0.25, -0.2) is 9.97 Å². The van der Waals surface area contributed by atoms with Gasteiger partial charge in [-0.1, -0.05) is 6.42 Å². The highest BCUT2D eigenvalue weighted by Gasteiger charge is 2.31. The first-order valence-electron chi connectivity index (χ1n) is 9.83. The van der Waals surface area contributed by atoms with E-state index in [0.717, 1.165) is 61.8 Å². The highest BCUT2D eigenvalue weighted by molar-refractivity contribution is 5.80. The zero-order valence-electron chi connectivity index (χ0n) is 15.8. The maximum absolute atomic E-state index is 12.4. The van der Waals surface area contributed by atoms with Crippen LogP contribution in [-0.2, 0) is 4.79 Å². The van der Waals surface area contributed by atoms with E-state index in [2.05, 4.69) is 14.9 Å². The number of anilines is 1. The van der Waals surface area contributed by atoms with Gasteiger partial charge in [0.1, 0.15) is 17.9 Å². The molecule has 6 heteroatoms. The first kappa shape index (κ1) is 17.8. The molecular formula is C21H26N4O2. The minimum Gasteiger partial charge on any atom is -0.494 e. The molecule has 2 heterocycles. The molecule has 1 aromatic heterocycles. The molecule has 2 aliphatic rings. The minimum absolute atomic E-state index is 0.280. The number of hydrogen-bond acceptors (Lipinski definition) is 5. The summed E-state index contributed by atoms with van der Waals surface area (Å²) in [6.07, 6.45) is 4.95. The average molecular weight is 366 g/mol. The molecule has 27 heavy (non-hydrogen) atoms. The standard InChI is InChI=1S/C21H26N4O2/c1-2-27-18-8-6-16(7-9-18)19-14-20(23-15-22-19)24-10-12-25(13-11-24)21(26)17-4-3-5-17/h6-9,14-15,17H,2-5,10-13H2,1H3. The van der Waals surface area contributed by atoms with E-state index in [9.17, 15) is 4.79 Å². The minimum atomic E-state index is 0.280. The molecule has 1 saturated carbocycles. The molecular weight excluding hydrogens is 340 g/mol. The van der Waals surface area contributed by atoms with Gasteiger partial charge in [-0.05, 0) is 44.0 Å². The largest absolute Gasteiger partial charge is 0.494 e. The predicted molar refractivity (Wildman–Crippen MR) is 105 cm³/mol. The number of benzene rings is 1. The van der Waals surface area contributed by atoms with Crippen LogP contribution in [0, 0.1) is 5.92 Å². The van der Waals surface area contributed by atoms with Gasteiger partial charge < -0.3 is 14.5 Å². The Morgan fingerprint density at radius 2 is 1.85 bits per heavy atom. The smallest absolute Gasteiger partial charge is 0.225 e. The van der Waals surface area contributed by atoms with Crippen LogP contribution in [0.2, 0.25) is 0 Å². The van der Waals surface area contributed by atoms with E-state index < -0.39 is 0 Å². The van der Waals surface area contributed by atoms with Gasteiger partial charge in [0.15, 0.2) is 0 Å². The molecule has 0 atom stereocenters. The maximum Gasteiger partial charge on any atom is 0.225 e. The molecule has 0 bridgehead atoms. The van der Waals surface area contributed by atoms with Crippen molar-refractivity contribution in [3.8, 4) is 17.0 Å². The number of piperazine rings is 1. The lowest BCUT2D eigenvalue weighted by atomic mass is 9.84. The summed E-state index contributed by atoms with van der Waals surface area (Å²) >= 11 is 0. The Labute approximate surface area is 160 Å². The van der Waals surface area contributed by atoms with Crippen molar-refractivity contribution in [2.45, 2.75) is 26.2 Å². The van der Waals surface area contributed by atoms with E-state index in [1.807, 2.05) is 42.2 Å². The van der Waals surface area contributed by atoms with Gasteiger partial charge in [0.2, 0.25) is 5.91 Å². The van der Waals surface area contributed by atoms with E-state index in [4.69, 9.17) is 4.74 Å². The molecule has 1 amide bonds. The molecule has 0 unspecified atom stereocenters. The topological polar surface area (TPSA) is 58.6 Å². The summed E-state index contributed by atoms with van der Waals surface area (Å²) < 4.78 is 5.50. The van der Waals surface area contributed by atoms with E-state index in [-0.39, 0.29) is 5.92 Å². The van der Waals surface area contributed by atoms with Crippen LogP contribution in [0.3, 0.4) is 0 Å². The van der Waals surface area contributed by atoms with Gasteiger partial charge in [0, 0.05) is 43.7 Å². The van der Waals surface area contributed by atoms with Gasteiger partial charge in [0.25, 0.3) is 0 Å². The van der Waals surface area contributed by atoms with Gasteiger partial charge in [-0.15, -0.1) is 0 Å². The second-order valence-electron chi connectivity index (χ2n) is 7.16. The van der Waals surface area contributed by atoms with E-state index in [1.165, 1.54) is 6.42 Å². The lowest BCUT2D eigenvalue weighted by Gasteiger charge is -2.38. The van der Waals surface area contributed by atoms with Crippen LogP contribution in [-0.4, -0.2) is 53.6 Å². The third-order valence-corrected chi connectivity index (χ3v) is 5.48. The maximum atomic E-state index is 12.4. The van der Waals surface area contributed by atoms with Crippen LogP contribution in [0.5, 0.6) is 5.75 Å². The Bertz CT molecular complexity index is 781. The summed E-state index contributed by atoms with van der Waals surface area (Å²) in [5, 5.41) is 0. The van der Waals surface area contributed by atoms with E-state index >= 15 is 0 Å². The Kier molecular flexibility index (Phi) is 5.23. The molecule has 142 valence electrons. The zero-order chi connectivity index (χ0) is 18.6. The highest BCUT2D eigenvalue weighted by atomic mass is 16.5. The Morgan fingerprint density at radius 1 is 1.11 bits per heavy atom. The van der Waals surface area contributed by atoms with Crippen molar-refractivity contribution in [1.29, 1.82) is 0 Å². The quantitative estimate of drug-likeness (QED) is 0.814. The third-order valence-electron chi connectivity index (χ3n) is 5.48. The Morgan fingerprint density at radius 3 is 2.48 bits per heavy atom. The number of ether oxygens (including phenoxy) is 1. The van der Waals surface area contributed by atoms with Crippen molar-refractivity contribution in [3.63, 3.8) is 0 Å². The predicted octanol–water partition coefficient (Wildman–Crippen LogP) is 2.99. The molecule has 0 N–H and O–H groups in total. The molecule has 0 spiro atoms. The first-order chi connectivity index (χ1) is 13.2. The second-order valence-corrected chi connectivity index (χ2v) is 7.16. The summed E-state index contributed by atoms with van der Waals surface area (Å²) in [5.41, 5.74) is 1.94. The zero-order valence-corrected chi connectivity index (χ0v) is 15.8. The van der Waals surface area contributed by atoms with Crippen molar-refractivity contribution in [3.05, 3.63) is 36.7 Å². The molecule has 2 fully saturated rings. The summed E-state index contributed by atoms with van der Waals surface area (Å²) in [6, 6.07) is 9.99. The fraction of sp³-hybridized carbons (Fsp3) is 0.476. The van der Waals surface area contributed by atoms with Gasteiger partial charge >= 0.3 is 0 Å². The molecule has 1 aliphatic heterocycles. The van der Waals surface area contributed by atoms with E-state index in [1.54, 1.807) is 6.33 Å². The SMILES string of the molecule is CCOc1ccc(-c2cc(N3CCN(C(=O)C4CCC4)CC3)ncn2)cc1. The average Bonchev–Trinajstić information content (AvgIpc) is 2.68. The summed E-state index contributed by atoms with van der Waals surface area (Å²) in [4.78, 5) is 25.5.